The SMILES string of the molecule is CC(C)CNC(=O)c1csc(CN(CC(C)C)C(=O)C[C@H](C)CC(C)(C)C)n1. The minimum Gasteiger partial charge on any atom is -0.350 e. The molecule has 1 aromatic rings. The van der Waals surface area contributed by atoms with Gasteiger partial charge in [0.25, 0.3) is 5.91 Å². The maximum atomic E-state index is 12.9. The van der Waals surface area contributed by atoms with Crippen LogP contribution in [0.25, 0.3) is 0 Å². The van der Waals surface area contributed by atoms with Crippen LogP contribution in [-0.4, -0.2) is 34.8 Å². The Labute approximate surface area is 175 Å². The van der Waals surface area contributed by atoms with Crippen LogP contribution in [0, 0.1) is 23.2 Å². The predicted octanol–water partition coefficient (Wildman–Crippen LogP) is 4.98. The zero-order chi connectivity index (χ0) is 21.5. The smallest absolute Gasteiger partial charge is 0.270 e. The Hall–Kier alpha value is -1.43. The lowest BCUT2D eigenvalue weighted by Gasteiger charge is -2.27. The molecule has 0 fully saturated rings. The van der Waals surface area contributed by atoms with E-state index in [0.717, 1.165) is 11.4 Å². The zero-order valence-corrected chi connectivity index (χ0v) is 19.8. The van der Waals surface area contributed by atoms with Crippen molar-refractivity contribution in [2.24, 2.45) is 23.2 Å². The van der Waals surface area contributed by atoms with Crippen molar-refractivity contribution < 1.29 is 9.59 Å². The van der Waals surface area contributed by atoms with Gasteiger partial charge in [0.2, 0.25) is 5.91 Å². The fraction of sp³-hybridized carbons (Fsp3) is 0.773. The first-order valence-corrected chi connectivity index (χ1v) is 11.3. The molecule has 1 heterocycles. The average molecular weight is 410 g/mol. The Morgan fingerprint density at radius 1 is 1.14 bits per heavy atom. The largest absolute Gasteiger partial charge is 0.350 e. The summed E-state index contributed by atoms with van der Waals surface area (Å²) in [6.07, 6.45) is 1.57. The van der Waals surface area contributed by atoms with E-state index in [1.54, 1.807) is 5.38 Å². The van der Waals surface area contributed by atoms with Gasteiger partial charge in [-0.1, -0.05) is 55.4 Å². The molecule has 1 atom stereocenters. The van der Waals surface area contributed by atoms with Crippen LogP contribution in [0.3, 0.4) is 0 Å². The third kappa shape index (κ3) is 9.67. The van der Waals surface area contributed by atoms with Crippen LogP contribution in [0.15, 0.2) is 5.38 Å². The topological polar surface area (TPSA) is 62.3 Å². The number of amides is 2. The van der Waals surface area contributed by atoms with E-state index in [-0.39, 0.29) is 17.2 Å². The first-order chi connectivity index (χ1) is 12.9. The second-order valence-electron chi connectivity index (χ2n) is 9.97. The fourth-order valence-electron chi connectivity index (χ4n) is 3.28. The highest BCUT2D eigenvalue weighted by molar-refractivity contribution is 7.09. The molecule has 28 heavy (non-hydrogen) atoms. The molecule has 0 radical (unpaired) electrons. The standard InChI is InChI=1S/C22H39N3O2S/c1-15(2)11-23-21(27)18-14-28-19(24-18)13-25(12-16(3)4)20(26)9-17(5)10-22(6,7)8/h14-17H,9-13H2,1-8H3,(H,23,27)/t17-/m0/s1. The van der Waals surface area contributed by atoms with Crippen LogP contribution < -0.4 is 5.32 Å². The van der Waals surface area contributed by atoms with Gasteiger partial charge in [0.15, 0.2) is 0 Å². The summed E-state index contributed by atoms with van der Waals surface area (Å²) in [5.41, 5.74) is 0.662. The Kier molecular flexibility index (Phi) is 9.61. The average Bonchev–Trinajstić information content (AvgIpc) is 2.98. The van der Waals surface area contributed by atoms with Gasteiger partial charge in [0.1, 0.15) is 10.7 Å². The number of rotatable bonds is 10. The molecular formula is C22H39N3O2S. The van der Waals surface area contributed by atoms with Crippen LogP contribution in [0.4, 0.5) is 0 Å². The van der Waals surface area contributed by atoms with E-state index in [1.807, 2.05) is 4.90 Å². The summed E-state index contributed by atoms with van der Waals surface area (Å²) in [6.45, 7) is 18.9. The molecule has 0 aliphatic carbocycles. The molecule has 0 aliphatic rings. The van der Waals surface area contributed by atoms with E-state index in [1.165, 1.54) is 11.3 Å². The van der Waals surface area contributed by atoms with E-state index in [2.05, 4.69) is 65.7 Å². The van der Waals surface area contributed by atoms with Crippen molar-refractivity contribution in [2.75, 3.05) is 13.1 Å². The first-order valence-electron chi connectivity index (χ1n) is 10.4. The highest BCUT2D eigenvalue weighted by atomic mass is 32.1. The Morgan fingerprint density at radius 3 is 2.32 bits per heavy atom. The summed E-state index contributed by atoms with van der Waals surface area (Å²) in [7, 11) is 0. The van der Waals surface area contributed by atoms with Gasteiger partial charge in [0, 0.05) is 24.9 Å². The van der Waals surface area contributed by atoms with Crippen LogP contribution in [0.5, 0.6) is 0 Å². The van der Waals surface area contributed by atoms with Gasteiger partial charge >= 0.3 is 0 Å². The van der Waals surface area contributed by atoms with Crippen molar-refractivity contribution >= 4 is 23.2 Å². The van der Waals surface area contributed by atoms with Gasteiger partial charge in [-0.2, -0.15) is 0 Å². The fourth-order valence-corrected chi connectivity index (χ4v) is 4.07. The summed E-state index contributed by atoms with van der Waals surface area (Å²) < 4.78 is 0. The van der Waals surface area contributed by atoms with E-state index < -0.39 is 0 Å². The summed E-state index contributed by atoms with van der Waals surface area (Å²) >= 11 is 1.45. The maximum absolute atomic E-state index is 12.9. The van der Waals surface area contributed by atoms with Gasteiger partial charge in [-0.25, -0.2) is 4.98 Å². The first kappa shape index (κ1) is 24.6. The second-order valence-corrected chi connectivity index (χ2v) is 10.9. The van der Waals surface area contributed by atoms with Crippen LogP contribution in [0.2, 0.25) is 0 Å². The predicted molar refractivity (Wildman–Crippen MR) is 117 cm³/mol. The molecule has 0 aliphatic heterocycles. The van der Waals surface area contributed by atoms with Crippen molar-refractivity contribution in [1.29, 1.82) is 0 Å². The van der Waals surface area contributed by atoms with E-state index in [4.69, 9.17) is 0 Å². The van der Waals surface area contributed by atoms with Gasteiger partial charge in [-0.15, -0.1) is 11.3 Å². The lowest BCUT2D eigenvalue weighted by molar-refractivity contribution is -0.133. The quantitative estimate of drug-likeness (QED) is 0.593. The van der Waals surface area contributed by atoms with Gasteiger partial charge in [-0.3, -0.25) is 9.59 Å². The lowest BCUT2D eigenvalue weighted by atomic mass is 9.84. The monoisotopic (exact) mass is 409 g/mol. The highest BCUT2D eigenvalue weighted by Gasteiger charge is 2.23. The van der Waals surface area contributed by atoms with Crippen molar-refractivity contribution in [3.63, 3.8) is 0 Å². The number of carbonyl (C=O) groups excluding carboxylic acids is 2. The molecule has 6 heteroatoms. The molecule has 0 aromatic carbocycles. The Bertz CT molecular complexity index is 632. The third-order valence-corrected chi connectivity index (χ3v) is 5.04. The van der Waals surface area contributed by atoms with Crippen molar-refractivity contribution in [2.45, 2.75) is 74.8 Å². The Balaban J connectivity index is 2.76. The van der Waals surface area contributed by atoms with E-state index in [0.29, 0.717) is 49.5 Å². The molecule has 1 N–H and O–H groups in total. The zero-order valence-electron chi connectivity index (χ0n) is 19.0. The van der Waals surface area contributed by atoms with Gasteiger partial charge in [-0.05, 0) is 29.6 Å². The van der Waals surface area contributed by atoms with Crippen LogP contribution >= 0.6 is 11.3 Å². The van der Waals surface area contributed by atoms with Crippen LogP contribution in [0.1, 0.15) is 83.7 Å². The van der Waals surface area contributed by atoms with Crippen molar-refractivity contribution in [3.05, 3.63) is 16.1 Å². The number of aromatic nitrogens is 1. The Morgan fingerprint density at radius 2 is 1.79 bits per heavy atom. The molecule has 0 saturated carbocycles. The minimum atomic E-state index is -0.142. The molecule has 0 bridgehead atoms. The van der Waals surface area contributed by atoms with Gasteiger partial charge < -0.3 is 10.2 Å². The number of thiazole rings is 1. The van der Waals surface area contributed by atoms with Crippen LogP contribution in [-0.2, 0) is 11.3 Å². The number of nitrogens with zero attached hydrogens (tertiary/aromatic N) is 2. The molecule has 0 unspecified atom stereocenters. The summed E-state index contributed by atoms with van der Waals surface area (Å²) in [6, 6.07) is 0. The molecular weight excluding hydrogens is 370 g/mol. The molecule has 1 aromatic heterocycles. The van der Waals surface area contributed by atoms with E-state index >= 15 is 0 Å². The lowest BCUT2D eigenvalue weighted by Crippen LogP contribution is -2.35. The van der Waals surface area contributed by atoms with E-state index in [9.17, 15) is 9.59 Å². The third-order valence-electron chi connectivity index (χ3n) is 4.20. The van der Waals surface area contributed by atoms with Crippen molar-refractivity contribution in [3.8, 4) is 0 Å². The number of nitrogens with one attached hydrogen (secondary N) is 1. The van der Waals surface area contributed by atoms with Gasteiger partial charge in [0.05, 0.1) is 6.54 Å². The van der Waals surface area contributed by atoms with Crippen molar-refractivity contribution in [1.82, 2.24) is 15.2 Å². The normalized spacial score (nSPS) is 13.1. The maximum Gasteiger partial charge on any atom is 0.270 e. The molecule has 2 amide bonds. The highest BCUT2D eigenvalue weighted by Crippen LogP contribution is 2.27. The molecule has 160 valence electrons. The molecule has 1 rings (SSSR count). The molecule has 0 spiro atoms. The molecule has 0 saturated heterocycles. The molecule has 5 nitrogen and oxygen atoms in total. The summed E-state index contributed by atoms with van der Waals surface area (Å²) in [4.78, 5) is 31.5. The summed E-state index contributed by atoms with van der Waals surface area (Å²) in [5.74, 6) is 1.16. The summed E-state index contributed by atoms with van der Waals surface area (Å²) in [5, 5.41) is 5.49. The minimum absolute atomic E-state index is 0.142. The second kappa shape index (κ2) is 10.9. The number of hydrogen-bond acceptors (Lipinski definition) is 4. The number of carbonyl (C=O) groups is 2. The number of hydrogen-bond donors (Lipinski definition) is 1.